The molecule has 0 bridgehead atoms. The molecule has 0 radical (unpaired) electrons. The Morgan fingerprint density at radius 3 is 3.00 bits per heavy atom. The van der Waals surface area contributed by atoms with Crippen molar-refractivity contribution in [3.8, 4) is 0 Å². The average molecular weight is 328 g/mol. The van der Waals surface area contributed by atoms with Gasteiger partial charge in [-0.25, -0.2) is 4.98 Å². The molecule has 128 valence electrons. The molecule has 4 rings (SSSR count). The van der Waals surface area contributed by atoms with Crippen LogP contribution in [0.1, 0.15) is 47.0 Å². The second-order valence-electron chi connectivity index (χ2n) is 6.67. The number of H-pyrrole nitrogens is 1. The van der Waals surface area contributed by atoms with Crippen LogP contribution in [0.25, 0.3) is 0 Å². The van der Waals surface area contributed by atoms with Crippen molar-refractivity contribution in [1.82, 2.24) is 29.5 Å². The zero-order valence-electron chi connectivity index (χ0n) is 14.3. The quantitative estimate of drug-likeness (QED) is 0.918. The fraction of sp³-hybridized carbons (Fsp3) is 0.588. The molecule has 0 unspecified atom stereocenters. The van der Waals surface area contributed by atoms with E-state index in [2.05, 4.69) is 27.0 Å². The third-order valence-electron chi connectivity index (χ3n) is 5.35. The Morgan fingerprint density at radius 2 is 2.25 bits per heavy atom. The summed E-state index contributed by atoms with van der Waals surface area (Å²) in [7, 11) is 2.01. The lowest BCUT2D eigenvalue weighted by molar-refractivity contribution is 0.0467. The summed E-state index contributed by atoms with van der Waals surface area (Å²) in [4.78, 5) is 21.9. The highest BCUT2D eigenvalue weighted by Gasteiger charge is 2.34. The Morgan fingerprint density at radius 1 is 1.38 bits per heavy atom. The zero-order chi connectivity index (χ0) is 16.7. The first-order valence-electron chi connectivity index (χ1n) is 8.75. The number of piperazine rings is 1. The van der Waals surface area contributed by atoms with Crippen LogP contribution in [0, 0.1) is 0 Å². The Hall–Kier alpha value is -2.15. The van der Waals surface area contributed by atoms with Crippen LogP contribution in [0.4, 0.5) is 0 Å². The van der Waals surface area contributed by atoms with E-state index in [0.29, 0.717) is 12.2 Å². The molecule has 1 atom stereocenters. The van der Waals surface area contributed by atoms with Gasteiger partial charge in [-0.1, -0.05) is 6.92 Å². The molecule has 7 nitrogen and oxygen atoms in total. The van der Waals surface area contributed by atoms with Crippen LogP contribution in [-0.4, -0.2) is 61.6 Å². The minimum absolute atomic E-state index is 0.0596. The molecule has 1 fully saturated rings. The van der Waals surface area contributed by atoms with Crippen LogP contribution in [0.2, 0.25) is 0 Å². The van der Waals surface area contributed by atoms with E-state index in [4.69, 9.17) is 0 Å². The Kier molecular flexibility index (Phi) is 3.88. The molecule has 1 saturated heterocycles. The van der Waals surface area contributed by atoms with Crippen molar-refractivity contribution in [3.63, 3.8) is 0 Å². The van der Waals surface area contributed by atoms with E-state index in [1.807, 2.05) is 28.9 Å². The van der Waals surface area contributed by atoms with E-state index in [-0.39, 0.29) is 11.9 Å². The predicted molar refractivity (Wildman–Crippen MR) is 89.7 cm³/mol. The summed E-state index contributed by atoms with van der Waals surface area (Å²) in [5.74, 6) is 1.07. The number of imidazole rings is 1. The van der Waals surface area contributed by atoms with E-state index in [0.717, 1.165) is 56.0 Å². The van der Waals surface area contributed by atoms with Gasteiger partial charge in [-0.3, -0.25) is 14.8 Å². The maximum Gasteiger partial charge on any atom is 0.274 e. The molecule has 1 aliphatic carbocycles. The minimum Gasteiger partial charge on any atom is -0.337 e. The molecular weight excluding hydrogens is 304 g/mol. The highest BCUT2D eigenvalue weighted by Crippen LogP contribution is 2.27. The first-order valence-corrected chi connectivity index (χ1v) is 8.75. The number of aromatic nitrogens is 4. The van der Waals surface area contributed by atoms with Crippen LogP contribution >= 0.6 is 0 Å². The van der Waals surface area contributed by atoms with Gasteiger partial charge >= 0.3 is 0 Å². The van der Waals surface area contributed by atoms with Gasteiger partial charge in [-0.15, -0.1) is 0 Å². The summed E-state index contributed by atoms with van der Waals surface area (Å²) in [6.07, 6.45) is 6.87. The van der Waals surface area contributed by atoms with Gasteiger partial charge in [0.1, 0.15) is 5.82 Å². The number of fused-ring (bicyclic) bond motifs is 1. The summed E-state index contributed by atoms with van der Waals surface area (Å²) in [5.41, 5.74) is 2.91. The number of aryl methyl sites for hydroxylation is 2. The normalized spacial score (nSPS) is 21.2. The van der Waals surface area contributed by atoms with Gasteiger partial charge in [0, 0.05) is 50.3 Å². The Balaban J connectivity index is 1.58. The standard InChI is InChI=1S/C17H24N6O/c1-3-22-9-10-23(11-14(22)16-18-7-8-21(16)2)17(24)15-12-5-4-6-13(12)19-20-15/h7-8,14H,3-6,9-11H2,1-2H3,(H,19,20)/t14-/m0/s1. The number of aromatic amines is 1. The number of carbonyl (C=O) groups is 1. The topological polar surface area (TPSA) is 70.1 Å². The lowest BCUT2D eigenvalue weighted by Crippen LogP contribution is -2.51. The molecule has 0 spiro atoms. The van der Waals surface area contributed by atoms with Crippen LogP contribution in [-0.2, 0) is 19.9 Å². The zero-order valence-corrected chi connectivity index (χ0v) is 14.3. The van der Waals surface area contributed by atoms with E-state index in [1.165, 1.54) is 0 Å². The van der Waals surface area contributed by atoms with Gasteiger partial charge in [-0.2, -0.15) is 5.10 Å². The molecule has 2 aromatic heterocycles. The van der Waals surface area contributed by atoms with E-state index in [9.17, 15) is 4.79 Å². The lowest BCUT2D eigenvalue weighted by atomic mass is 10.1. The van der Waals surface area contributed by atoms with Crippen LogP contribution in [0.15, 0.2) is 12.4 Å². The second kappa shape index (κ2) is 6.05. The fourth-order valence-electron chi connectivity index (χ4n) is 3.97. The van der Waals surface area contributed by atoms with Crippen LogP contribution in [0.3, 0.4) is 0 Å². The predicted octanol–water partition coefficient (Wildman–Crippen LogP) is 1.15. The van der Waals surface area contributed by atoms with Crippen molar-refractivity contribution in [3.05, 3.63) is 35.2 Å². The van der Waals surface area contributed by atoms with E-state index >= 15 is 0 Å². The van der Waals surface area contributed by atoms with Gasteiger partial charge in [0.15, 0.2) is 5.69 Å². The number of hydrogen-bond acceptors (Lipinski definition) is 4. The third kappa shape index (κ3) is 2.43. The highest BCUT2D eigenvalue weighted by atomic mass is 16.2. The van der Waals surface area contributed by atoms with Crippen molar-refractivity contribution in [2.24, 2.45) is 7.05 Å². The molecule has 1 N–H and O–H groups in total. The van der Waals surface area contributed by atoms with Crippen molar-refractivity contribution >= 4 is 5.91 Å². The first-order chi connectivity index (χ1) is 11.7. The van der Waals surface area contributed by atoms with Gasteiger partial charge in [-0.05, 0) is 25.8 Å². The van der Waals surface area contributed by atoms with Gasteiger partial charge in [0.25, 0.3) is 5.91 Å². The van der Waals surface area contributed by atoms with Gasteiger partial charge < -0.3 is 9.47 Å². The molecule has 7 heteroatoms. The number of nitrogens with zero attached hydrogens (tertiary/aromatic N) is 5. The minimum atomic E-state index is 0.0596. The molecule has 0 saturated carbocycles. The van der Waals surface area contributed by atoms with Gasteiger partial charge in [0.2, 0.25) is 0 Å². The fourth-order valence-corrected chi connectivity index (χ4v) is 3.97. The lowest BCUT2D eigenvalue weighted by Gasteiger charge is -2.40. The summed E-state index contributed by atoms with van der Waals surface area (Å²) < 4.78 is 2.05. The van der Waals surface area contributed by atoms with E-state index in [1.54, 1.807) is 0 Å². The number of nitrogens with one attached hydrogen (secondary N) is 1. The first kappa shape index (κ1) is 15.4. The molecule has 1 amide bonds. The molecule has 1 aliphatic heterocycles. The Bertz CT molecular complexity index is 748. The SMILES string of the molecule is CCN1CCN(C(=O)c2n[nH]c3c2CCC3)C[C@H]1c1nccn1C. The van der Waals surface area contributed by atoms with Crippen molar-refractivity contribution in [1.29, 1.82) is 0 Å². The van der Waals surface area contributed by atoms with Crippen LogP contribution in [0.5, 0.6) is 0 Å². The molecule has 24 heavy (non-hydrogen) atoms. The second-order valence-corrected chi connectivity index (χ2v) is 6.67. The number of rotatable bonds is 3. The maximum absolute atomic E-state index is 13.0. The Labute approximate surface area is 141 Å². The third-order valence-corrected chi connectivity index (χ3v) is 5.35. The molecule has 2 aromatic rings. The molecule has 3 heterocycles. The van der Waals surface area contributed by atoms with Gasteiger partial charge in [0.05, 0.1) is 6.04 Å². The smallest absolute Gasteiger partial charge is 0.274 e. The summed E-state index contributed by atoms with van der Waals surface area (Å²) in [6, 6.07) is 0.139. The van der Waals surface area contributed by atoms with E-state index < -0.39 is 0 Å². The van der Waals surface area contributed by atoms with Crippen molar-refractivity contribution < 1.29 is 4.79 Å². The highest BCUT2D eigenvalue weighted by molar-refractivity contribution is 5.94. The number of likely N-dealkylation sites (N-methyl/N-ethyl adjacent to an activating group) is 1. The number of hydrogen-bond donors (Lipinski definition) is 1. The number of amides is 1. The molecular formula is C17H24N6O. The maximum atomic E-state index is 13.0. The monoisotopic (exact) mass is 328 g/mol. The number of carbonyl (C=O) groups excluding carboxylic acids is 1. The molecule has 2 aliphatic rings. The largest absolute Gasteiger partial charge is 0.337 e. The average Bonchev–Trinajstić information content (AvgIpc) is 3.30. The summed E-state index contributed by atoms with van der Waals surface area (Å²) >= 11 is 0. The van der Waals surface area contributed by atoms with Crippen molar-refractivity contribution in [2.75, 3.05) is 26.2 Å². The summed E-state index contributed by atoms with van der Waals surface area (Å²) in [6.45, 7) is 5.39. The van der Waals surface area contributed by atoms with Crippen LogP contribution < -0.4 is 0 Å². The molecule has 0 aromatic carbocycles. The van der Waals surface area contributed by atoms with Crippen molar-refractivity contribution in [2.45, 2.75) is 32.2 Å². The summed E-state index contributed by atoms with van der Waals surface area (Å²) in [5, 5.41) is 7.36.